The van der Waals surface area contributed by atoms with E-state index in [9.17, 15) is 4.79 Å². The van der Waals surface area contributed by atoms with Gasteiger partial charge in [0.15, 0.2) is 0 Å². The molecule has 0 saturated heterocycles. The first-order chi connectivity index (χ1) is 8.79. The van der Waals surface area contributed by atoms with E-state index in [1.807, 2.05) is 36.4 Å². The third-order valence-corrected chi connectivity index (χ3v) is 3.01. The van der Waals surface area contributed by atoms with Crippen LogP contribution in [0.1, 0.15) is 16.7 Å². The largest absolute Gasteiger partial charge is 0.299 e. The number of halogens is 1. The van der Waals surface area contributed by atoms with Crippen molar-refractivity contribution in [3.8, 4) is 0 Å². The number of benzene rings is 2. The molecule has 0 aromatic heterocycles. The van der Waals surface area contributed by atoms with E-state index in [1.165, 1.54) is 17.2 Å². The quantitative estimate of drug-likeness (QED) is 0.596. The molecule has 2 aromatic carbocycles. The first-order valence-corrected chi connectivity index (χ1v) is 6.11. The van der Waals surface area contributed by atoms with Crippen molar-refractivity contribution < 1.29 is 4.79 Å². The highest BCUT2D eigenvalue weighted by Gasteiger charge is 2.00. The van der Waals surface area contributed by atoms with Crippen LogP contribution in [0.2, 0.25) is 0 Å². The van der Waals surface area contributed by atoms with E-state index in [-0.39, 0.29) is 0 Å². The molecule has 2 heteroatoms. The van der Waals surface area contributed by atoms with E-state index in [1.54, 1.807) is 0 Å². The summed E-state index contributed by atoms with van der Waals surface area (Å²) in [7, 11) is 0. The van der Waals surface area contributed by atoms with Gasteiger partial charge in [-0.15, -0.1) is 0 Å². The Hall–Kier alpha value is -1.86. The predicted molar refractivity (Wildman–Crippen MR) is 75.6 cm³/mol. The van der Waals surface area contributed by atoms with Crippen molar-refractivity contribution in [3.05, 3.63) is 77.4 Å². The fourth-order valence-electron chi connectivity index (χ4n) is 1.82. The lowest BCUT2D eigenvalue weighted by molar-refractivity contribution is -0.104. The van der Waals surface area contributed by atoms with Gasteiger partial charge >= 0.3 is 0 Å². The van der Waals surface area contributed by atoms with Gasteiger partial charge in [-0.2, -0.15) is 0 Å². The molecule has 0 aliphatic rings. The van der Waals surface area contributed by atoms with Crippen LogP contribution in [0.25, 0.3) is 5.03 Å². The Labute approximate surface area is 112 Å². The highest BCUT2D eigenvalue weighted by molar-refractivity contribution is 6.49. The van der Waals surface area contributed by atoms with Crippen LogP contribution in [-0.4, -0.2) is 6.29 Å². The van der Waals surface area contributed by atoms with Gasteiger partial charge in [0.1, 0.15) is 6.29 Å². The molecule has 0 saturated carbocycles. The summed E-state index contributed by atoms with van der Waals surface area (Å²) in [5.74, 6) is 0. The lowest BCUT2D eigenvalue weighted by Crippen LogP contribution is -1.89. The van der Waals surface area contributed by atoms with Crippen molar-refractivity contribution in [1.82, 2.24) is 0 Å². The molecule has 0 radical (unpaired) electrons. The van der Waals surface area contributed by atoms with Gasteiger partial charge < -0.3 is 0 Å². The van der Waals surface area contributed by atoms with Crippen molar-refractivity contribution in [2.75, 3.05) is 0 Å². The molecule has 0 N–H and O–H groups in total. The molecule has 0 spiro atoms. The lowest BCUT2D eigenvalue weighted by Gasteiger charge is -2.04. The molecule has 0 fully saturated rings. The zero-order valence-corrected chi connectivity index (χ0v) is 10.6. The minimum absolute atomic E-state index is 0.472. The molecule has 2 aromatic rings. The molecule has 18 heavy (non-hydrogen) atoms. The summed E-state index contributed by atoms with van der Waals surface area (Å²) in [5.41, 5.74) is 3.30. The summed E-state index contributed by atoms with van der Waals surface area (Å²) in [6, 6.07) is 18.2. The molecule has 0 unspecified atom stereocenters. The van der Waals surface area contributed by atoms with Crippen molar-refractivity contribution in [3.63, 3.8) is 0 Å². The van der Waals surface area contributed by atoms with Gasteiger partial charge in [0.25, 0.3) is 0 Å². The number of rotatable bonds is 4. The van der Waals surface area contributed by atoms with Crippen LogP contribution in [0.3, 0.4) is 0 Å². The molecule has 0 aliphatic carbocycles. The zero-order chi connectivity index (χ0) is 12.8. The maximum absolute atomic E-state index is 10.4. The van der Waals surface area contributed by atoms with Gasteiger partial charge in [-0.3, -0.25) is 4.79 Å². The fourth-order valence-corrected chi connectivity index (χ4v) is 1.99. The first kappa shape index (κ1) is 12.6. The molecular weight excluding hydrogens is 244 g/mol. The average molecular weight is 257 g/mol. The Kier molecular flexibility index (Phi) is 4.32. The van der Waals surface area contributed by atoms with Crippen molar-refractivity contribution in [2.45, 2.75) is 6.42 Å². The van der Waals surface area contributed by atoms with Crippen LogP contribution in [0.5, 0.6) is 0 Å². The minimum atomic E-state index is 0.472. The van der Waals surface area contributed by atoms with E-state index in [0.29, 0.717) is 11.3 Å². The van der Waals surface area contributed by atoms with Gasteiger partial charge in [-0.1, -0.05) is 60.1 Å². The Morgan fingerprint density at radius 3 is 2.44 bits per heavy atom. The Morgan fingerprint density at radius 2 is 1.72 bits per heavy atom. The van der Waals surface area contributed by atoms with E-state index >= 15 is 0 Å². The van der Waals surface area contributed by atoms with E-state index < -0.39 is 0 Å². The molecule has 0 bridgehead atoms. The summed E-state index contributed by atoms with van der Waals surface area (Å²) in [6.45, 7) is 0. The summed E-state index contributed by atoms with van der Waals surface area (Å²) >= 11 is 6.01. The Bertz CT molecular complexity index is 558. The van der Waals surface area contributed by atoms with Crippen LogP contribution in [0, 0.1) is 0 Å². The van der Waals surface area contributed by atoms with Gasteiger partial charge in [-0.05, 0) is 35.3 Å². The lowest BCUT2D eigenvalue weighted by atomic mass is 10.0. The maximum Gasteiger partial charge on any atom is 0.144 e. The molecule has 0 heterocycles. The number of carbonyl (C=O) groups excluding carboxylic acids is 1. The van der Waals surface area contributed by atoms with Crippen LogP contribution in [0.15, 0.2) is 60.7 Å². The van der Waals surface area contributed by atoms with Gasteiger partial charge in [-0.25, -0.2) is 0 Å². The molecule has 2 rings (SSSR count). The molecule has 0 amide bonds. The topological polar surface area (TPSA) is 17.1 Å². The van der Waals surface area contributed by atoms with Crippen molar-refractivity contribution in [2.24, 2.45) is 0 Å². The smallest absolute Gasteiger partial charge is 0.144 e. The monoisotopic (exact) mass is 256 g/mol. The Morgan fingerprint density at radius 1 is 1.00 bits per heavy atom. The fraction of sp³-hybridized carbons (Fsp3) is 0.0625. The number of aldehydes is 1. The number of allylic oxidation sites excluding steroid dienone is 1. The molecule has 1 nitrogen and oxygen atoms in total. The van der Waals surface area contributed by atoms with E-state index in [4.69, 9.17) is 11.6 Å². The van der Waals surface area contributed by atoms with Crippen LogP contribution in [-0.2, 0) is 11.2 Å². The second kappa shape index (κ2) is 6.18. The number of hydrogen-bond donors (Lipinski definition) is 0. The third kappa shape index (κ3) is 3.31. The summed E-state index contributed by atoms with van der Waals surface area (Å²) in [4.78, 5) is 10.4. The number of carbonyl (C=O) groups is 1. The van der Waals surface area contributed by atoms with Gasteiger partial charge in [0.2, 0.25) is 0 Å². The second-order valence-electron chi connectivity index (χ2n) is 4.01. The highest BCUT2D eigenvalue weighted by atomic mass is 35.5. The first-order valence-electron chi connectivity index (χ1n) is 5.74. The zero-order valence-electron chi connectivity index (χ0n) is 9.84. The molecular formula is C16H13ClO. The highest BCUT2D eigenvalue weighted by Crippen LogP contribution is 2.20. The van der Waals surface area contributed by atoms with E-state index in [0.717, 1.165) is 12.0 Å². The maximum atomic E-state index is 10.4. The second-order valence-corrected chi connectivity index (χ2v) is 4.42. The average Bonchev–Trinajstić information content (AvgIpc) is 2.40. The standard InChI is InChI=1S/C16H13ClO/c17-16(9-10-18)15-8-4-7-14(12-15)11-13-5-2-1-3-6-13/h1-10,12H,11H2. The summed E-state index contributed by atoms with van der Waals surface area (Å²) < 4.78 is 0. The number of hydrogen-bond acceptors (Lipinski definition) is 1. The van der Waals surface area contributed by atoms with Crippen molar-refractivity contribution >= 4 is 22.9 Å². The minimum Gasteiger partial charge on any atom is -0.299 e. The van der Waals surface area contributed by atoms with Crippen molar-refractivity contribution in [1.29, 1.82) is 0 Å². The Balaban J connectivity index is 2.23. The summed E-state index contributed by atoms with van der Waals surface area (Å²) in [6.07, 6.45) is 2.93. The van der Waals surface area contributed by atoms with Crippen LogP contribution >= 0.6 is 11.6 Å². The van der Waals surface area contributed by atoms with Crippen LogP contribution in [0.4, 0.5) is 0 Å². The summed E-state index contributed by atoms with van der Waals surface area (Å²) in [5, 5.41) is 0.472. The molecule has 90 valence electrons. The SMILES string of the molecule is O=CC=C(Cl)c1cccc(Cc2ccccc2)c1. The predicted octanol–water partition coefficient (Wildman–Crippen LogP) is 4.06. The molecule has 0 aliphatic heterocycles. The van der Waals surface area contributed by atoms with Crippen LogP contribution < -0.4 is 0 Å². The van der Waals surface area contributed by atoms with Gasteiger partial charge in [0.05, 0.1) is 5.03 Å². The van der Waals surface area contributed by atoms with Gasteiger partial charge in [0, 0.05) is 0 Å². The van der Waals surface area contributed by atoms with E-state index in [2.05, 4.69) is 18.2 Å². The molecule has 0 atom stereocenters. The third-order valence-electron chi connectivity index (χ3n) is 2.67. The normalized spacial score (nSPS) is 11.3.